The number of ether oxygens (including phenoxy) is 2. The fraction of sp³-hybridized carbons (Fsp3) is 0.833. The Morgan fingerprint density at radius 2 is 2.39 bits per heavy atom. The maximum absolute atomic E-state index is 10.8. The molecule has 2 fully saturated rings. The predicted molar refractivity (Wildman–Crippen MR) is 69.5 cm³/mol. The molecule has 0 unspecified atom stereocenters. The van der Waals surface area contributed by atoms with Crippen LogP contribution in [-0.2, 0) is 14.3 Å². The van der Waals surface area contributed by atoms with Gasteiger partial charge in [0.25, 0.3) is 0 Å². The minimum atomic E-state index is -0.239. The van der Waals surface area contributed by atoms with E-state index in [9.17, 15) is 4.79 Å². The van der Waals surface area contributed by atoms with Gasteiger partial charge in [-0.15, -0.1) is 0 Å². The lowest BCUT2D eigenvalue weighted by atomic mass is 10.1. The van der Waals surface area contributed by atoms with Gasteiger partial charge >= 0.3 is 5.97 Å². The van der Waals surface area contributed by atoms with Crippen molar-refractivity contribution in [2.75, 3.05) is 19.7 Å². The highest BCUT2D eigenvalue weighted by atomic mass is 32.2. The van der Waals surface area contributed by atoms with Crippen LogP contribution in [0.3, 0.4) is 0 Å². The van der Waals surface area contributed by atoms with Crippen LogP contribution >= 0.6 is 11.8 Å². The van der Waals surface area contributed by atoms with Crippen LogP contribution in [0.5, 0.6) is 0 Å². The Balaban J connectivity index is 1.51. The normalized spacial score (nSPS) is 34.6. The van der Waals surface area contributed by atoms with Crippen LogP contribution in [0.25, 0.3) is 0 Å². The van der Waals surface area contributed by atoms with Crippen molar-refractivity contribution in [3.63, 3.8) is 0 Å². The fourth-order valence-electron chi connectivity index (χ4n) is 2.35. The Hall–Kier alpha value is -0.750. The van der Waals surface area contributed by atoms with Gasteiger partial charge in [-0.3, -0.25) is 9.79 Å². The van der Waals surface area contributed by atoms with E-state index in [0.29, 0.717) is 12.6 Å². The van der Waals surface area contributed by atoms with Gasteiger partial charge in [0.2, 0.25) is 0 Å². The van der Waals surface area contributed by atoms with Gasteiger partial charge in [-0.1, -0.05) is 11.8 Å². The summed E-state index contributed by atoms with van der Waals surface area (Å²) in [7, 11) is 0. The van der Waals surface area contributed by atoms with Crippen LogP contribution in [0.4, 0.5) is 0 Å². The van der Waals surface area contributed by atoms with Gasteiger partial charge in [0.1, 0.15) is 12.0 Å². The van der Waals surface area contributed by atoms with Gasteiger partial charge < -0.3 is 14.4 Å². The van der Waals surface area contributed by atoms with Crippen LogP contribution in [-0.4, -0.2) is 53.3 Å². The second-order valence-electron chi connectivity index (χ2n) is 4.94. The number of carbonyl (C=O) groups excluding carboxylic acids is 1. The van der Waals surface area contributed by atoms with E-state index in [4.69, 9.17) is 14.5 Å². The van der Waals surface area contributed by atoms with Crippen molar-refractivity contribution >= 4 is 22.9 Å². The molecule has 0 aromatic carbocycles. The van der Waals surface area contributed by atoms with Crippen LogP contribution in [0.2, 0.25) is 0 Å². The molecule has 3 atom stereocenters. The van der Waals surface area contributed by atoms with Crippen LogP contribution in [0.1, 0.15) is 26.2 Å². The van der Waals surface area contributed by atoms with Gasteiger partial charge in [0.15, 0.2) is 5.17 Å². The summed E-state index contributed by atoms with van der Waals surface area (Å²) in [4.78, 5) is 17.8. The van der Waals surface area contributed by atoms with E-state index in [1.54, 1.807) is 11.8 Å². The third-order valence-corrected chi connectivity index (χ3v) is 4.75. The zero-order valence-corrected chi connectivity index (χ0v) is 11.3. The minimum Gasteiger partial charge on any atom is -0.463 e. The highest BCUT2D eigenvalue weighted by Gasteiger charge is 2.39. The van der Waals surface area contributed by atoms with E-state index in [-0.39, 0.29) is 17.5 Å². The standard InChI is InChI=1S/C12H18N2O3S/c1-8(15)16-7-9-3-4-10-11(17-9)18-12(13-10)14-5-2-6-14/h9-11H,2-7H2,1H3/t9-,10-,11-/m1/s1. The SMILES string of the molecule is CC(=O)OC[C@H]1CC[C@H]2N=C(N3CCC3)S[C@H]2O1. The lowest BCUT2D eigenvalue weighted by molar-refractivity contribution is -0.147. The Morgan fingerprint density at radius 3 is 3.06 bits per heavy atom. The Morgan fingerprint density at radius 1 is 1.56 bits per heavy atom. The van der Waals surface area contributed by atoms with E-state index in [1.165, 1.54) is 13.3 Å². The lowest BCUT2D eigenvalue weighted by Crippen LogP contribution is -2.40. The molecule has 3 rings (SSSR count). The average molecular weight is 270 g/mol. The van der Waals surface area contributed by atoms with Crippen molar-refractivity contribution in [2.24, 2.45) is 4.99 Å². The number of hydrogen-bond acceptors (Lipinski definition) is 6. The first kappa shape index (κ1) is 12.3. The third kappa shape index (κ3) is 2.49. The summed E-state index contributed by atoms with van der Waals surface area (Å²) in [5, 5.41) is 1.14. The molecule has 3 aliphatic rings. The summed E-state index contributed by atoms with van der Waals surface area (Å²) in [6, 6.07) is 0.291. The molecule has 3 aliphatic heterocycles. The molecule has 0 N–H and O–H groups in total. The number of rotatable bonds is 2. The summed E-state index contributed by atoms with van der Waals surface area (Å²) in [5.74, 6) is -0.239. The lowest BCUT2D eigenvalue weighted by Gasteiger charge is -2.32. The summed E-state index contributed by atoms with van der Waals surface area (Å²) >= 11 is 1.73. The summed E-state index contributed by atoms with van der Waals surface area (Å²) < 4.78 is 11.0. The van der Waals surface area contributed by atoms with E-state index in [1.807, 2.05) is 0 Å². The molecule has 6 heteroatoms. The van der Waals surface area contributed by atoms with E-state index in [2.05, 4.69) is 4.90 Å². The first-order valence-electron chi connectivity index (χ1n) is 6.50. The maximum Gasteiger partial charge on any atom is 0.302 e. The molecule has 0 spiro atoms. The van der Waals surface area contributed by atoms with Gasteiger partial charge in [0, 0.05) is 20.0 Å². The molecule has 18 heavy (non-hydrogen) atoms. The van der Waals surface area contributed by atoms with Crippen molar-refractivity contribution in [2.45, 2.75) is 43.8 Å². The second kappa shape index (κ2) is 5.09. The molecule has 0 amide bonds. The summed E-state index contributed by atoms with van der Waals surface area (Å²) in [6.45, 7) is 4.06. The van der Waals surface area contributed by atoms with Crippen molar-refractivity contribution in [1.29, 1.82) is 0 Å². The second-order valence-corrected chi connectivity index (χ2v) is 6.01. The molecule has 0 saturated carbocycles. The Labute approximate surface area is 111 Å². The topological polar surface area (TPSA) is 51.1 Å². The molecule has 0 aromatic heterocycles. The van der Waals surface area contributed by atoms with Crippen molar-refractivity contribution in [3.8, 4) is 0 Å². The fourth-order valence-corrected chi connectivity index (χ4v) is 3.65. The molecular formula is C12H18N2O3S. The van der Waals surface area contributed by atoms with Gasteiger partial charge in [-0.25, -0.2) is 0 Å². The zero-order chi connectivity index (χ0) is 12.5. The highest BCUT2D eigenvalue weighted by molar-refractivity contribution is 8.14. The first-order chi connectivity index (χ1) is 8.72. The molecular weight excluding hydrogens is 252 g/mol. The molecule has 3 heterocycles. The third-order valence-electron chi connectivity index (χ3n) is 3.52. The van der Waals surface area contributed by atoms with Crippen LogP contribution in [0.15, 0.2) is 4.99 Å². The molecule has 0 bridgehead atoms. The highest BCUT2D eigenvalue weighted by Crippen LogP contribution is 2.37. The van der Waals surface area contributed by atoms with Crippen molar-refractivity contribution in [1.82, 2.24) is 4.90 Å². The smallest absolute Gasteiger partial charge is 0.302 e. The van der Waals surface area contributed by atoms with E-state index in [0.717, 1.165) is 31.1 Å². The van der Waals surface area contributed by atoms with Gasteiger partial charge in [-0.05, 0) is 19.3 Å². The average Bonchev–Trinajstić information content (AvgIpc) is 2.65. The molecule has 100 valence electrons. The molecule has 0 aromatic rings. The number of likely N-dealkylation sites (tertiary alicyclic amines) is 1. The quantitative estimate of drug-likeness (QED) is 0.706. The number of thioether (sulfide) groups is 1. The first-order valence-corrected chi connectivity index (χ1v) is 7.38. The predicted octanol–water partition coefficient (Wildman–Crippen LogP) is 1.23. The minimum absolute atomic E-state index is 0.0357. The molecule has 0 aliphatic carbocycles. The molecule has 0 radical (unpaired) electrons. The molecule has 5 nitrogen and oxygen atoms in total. The van der Waals surface area contributed by atoms with E-state index < -0.39 is 0 Å². The summed E-state index contributed by atoms with van der Waals surface area (Å²) in [6.07, 6.45) is 3.26. The van der Waals surface area contributed by atoms with Crippen LogP contribution in [0, 0.1) is 0 Å². The number of fused-ring (bicyclic) bond motifs is 1. The van der Waals surface area contributed by atoms with Crippen molar-refractivity contribution in [3.05, 3.63) is 0 Å². The monoisotopic (exact) mass is 270 g/mol. The number of carbonyl (C=O) groups is 1. The van der Waals surface area contributed by atoms with E-state index >= 15 is 0 Å². The van der Waals surface area contributed by atoms with Crippen LogP contribution < -0.4 is 0 Å². The number of amidine groups is 1. The number of aliphatic imine (C=N–C) groups is 1. The number of nitrogens with zero attached hydrogens (tertiary/aromatic N) is 2. The molecule has 2 saturated heterocycles. The Bertz CT molecular complexity index is 370. The number of esters is 1. The maximum atomic E-state index is 10.8. The van der Waals surface area contributed by atoms with Crippen molar-refractivity contribution < 1.29 is 14.3 Å². The van der Waals surface area contributed by atoms with Gasteiger partial charge in [0.05, 0.1) is 12.1 Å². The Kier molecular flexibility index (Phi) is 3.48. The summed E-state index contributed by atoms with van der Waals surface area (Å²) in [5.41, 5.74) is 0.120. The number of hydrogen-bond donors (Lipinski definition) is 0. The largest absolute Gasteiger partial charge is 0.463 e. The zero-order valence-electron chi connectivity index (χ0n) is 10.5. The van der Waals surface area contributed by atoms with Gasteiger partial charge in [-0.2, -0.15) is 0 Å².